The first-order valence-corrected chi connectivity index (χ1v) is 6.90. The van der Waals surface area contributed by atoms with Gasteiger partial charge in [0.15, 0.2) is 0 Å². The van der Waals surface area contributed by atoms with Crippen LogP contribution in [0.25, 0.3) is 0 Å². The Balaban J connectivity index is 1.88. The predicted molar refractivity (Wildman–Crippen MR) is 71.7 cm³/mol. The van der Waals surface area contributed by atoms with Crippen molar-refractivity contribution in [1.29, 1.82) is 0 Å². The minimum atomic E-state index is -0.713. The van der Waals surface area contributed by atoms with Gasteiger partial charge in [0.1, 0.15) is 11.8 Å². The highest BCUT2D eigenvalue weighted by Gasteiger charge is 2.30. The fourth-order valence-electron chi connectivity index (χ4n) is 2.02. The third kappa shape index (κ3) is 3.17. The predicted octanol–water partition coefficient (Wildman–Crippen LogP) is 2.39. The third-order valence-corrected chi connectivity index (χ3v) is 4.28. The van der Waals surface area contributed by atoms with Crippen LogP contribution in [0.1, 0.15) is 18.4 Å². The van der Waals surface area contributed by atoms with Gasteiger partial charge in [0.05, 0.1) is 7.11 Å². The van der Waals surface area contributed by atoms with Crippen LogP contribution in [-0.4, -0.2) is 35.1 Å². The van der Waals surface area contributed by atoms with Gasteiger partial charge in [0.2, 0.25) is 0 Å². The van der Waals surface area contributed by atoms with Gasteiger partial charge in [-0.2, -0.15) is 0 Å². The Bertz CT molecular complexity index is 407. The zero-order chi connectivity index (χ0) is 13.0. The summed E-state index contributed by atoms with van der Waals surface area (Å²) in [6.45, 7) is 0.859. The maximum absolute atomic E-state index is 11.0. The van der Waals surface area contributed by atoms with Crippen LogP contribution in [0.3, 0.4) is 0 Å². The minimum Gasteiger partial charge on any atom is -0.497 e. The lowest BCUT2D eigenvalue weighted by Gasteiger charge is -2.19. The van der Waals surface area contributed by atoms with Crippen molar-refractivity contribution in [3.05, 3.63) is 29.8 Å². The van der Waals surface area contributed by atoms with E-state index in [1.165, 1.54) is 5.56 Å². The summed E-state index contributed by atoms with van der Waals surface area (Å²) in [4.78, 5) is 11.0. The molecule has 2 rings (SSSR count). The van der Waals surface area contributed by atoms with E-state index >= 15 is 0 Å². The van der Waals surface area contributed by atoms with E-state index in [0.29, 0.717) is 0 Å². The van der Waals surface area contributed by atoms with E-state index < -0.39 is 5.97 Å². The van der Waals surface area contributed by atoms with Crippen LogP contribution < -0.4 is 4.74 Å². The van der Waals surface area contributed by atoms with Crippen LogP contribution in [0.15, 0.2) is 24.3 Å². The molecule has 0 spiro atoms. The average Bonchev–Trinajstić information content (AvgIpc) is 2.85. The molecule has 0 aromatic heterocycles. The molecule has 18 heavy (non-hydrogen) atoms. The molecule has 1 saturated heterocycles. The molecular formula is C13H17NO3S. The number of ether oxygens (including phenoxy) is 1. The topological polar surface area (TPSA) is 49.8 Å². The van der Waals surface area contributed by atoms with Gasteiger partial charge in [-0.25, -0.2) is 4.31 Å². The summed E-state index contributed by atoms with van der Waals surface area (Å²) in [6, 6.07) is 7.55. The third-order valence-electron chi connectivity index (χ3n) is 3.04. The molecule has 1 aromatic carbocycles. The zero-order valence-electron chi connectivity index (χ0n) is 10.3. The summed E-state index contributed by atoms with van der Waals surface area (Å²) in [7, 11) is 1.64. The van der Waals surface area contributed by atoms with Gasteiger partial charge in [-0.1, -0.05) is 24.1 Å². The molecular weight excluding hydrogens is 250 g/mol. The molecule has 1 atom stereocenters. The first-order chi connectivity index (χ1) is 8.70. The van der Waals surface area contributed by atoms with Crippen molar-refractivity contribution < 1.29 is 14.6 Å². The molecule has 1 N–H and O–H groups in total. The number of carboxylic acid groups (broad SMARTS) is 1. The smallest absolute Gasteiger partial charge is 0.321 e. The van der Waals surface area contributed by atoms with Gasteiger partial charge in [-0.3, -0.25) is 4.79 Å². The van der Waals surface area contributed by atoms with Crippen molar-refractivity contribution in [3.63, 3.8) is 0 Å². The lowest BCUT2D eigenvalue weighted by Crippen LogP contribution is -2.30. The average molecular weight is 267 g/mol. The van der Waals surface area contributed by atoms with Gasteiger partial charge < -0.3 is 9.84 Å². The van der Waals surface area contributed by atoms with Crippen LogP contribution in [0.2, 0.25) is 0 Å². The Labute approximate surface area is 111 Å². The molecule has 0 aliphatic carbocycles. The zero-order valence-corrected chi connectivity index (χ0v) is 11.2. The molecule has 1 fully saturated rings. The van der Waals surface area contributed by atoms with Crippen molar-refractivity contribution in [1.82, 2.24) is 4.31 Å². The number of aliphatic carboxylic acids is 1. The fourth-order valence-corrected chi connectivity index (χ4v) is 3.16. The molecule has 1 aliphatic rings. The Morgan fingerprint density at radius 3 is 2.83 bits per heavy atom. The summed E-state index contributed by atoms with van der Waals surface area (Å²) in [6.07, 6.45) is 1.72. The molecule has 4 nitrogen and oxygen atoms in total. The lowest BCUT2D eigenvalue weighted by molar-refractivity contribution is -0.140. The molecule has 0 unspecified atom stereocenters. The van der Waals surface area contributed by atoms with E-state index in [0.717, 1.165) is 30.9 Å². The fraction of sp³-hybridized carbons (Fsp3) is 0.462. The van der Waals surface area contributed by atoms with Gasteiger partial charge in [0.25, 0.3) is 0 Å². The molecule has 0 saturated carbocycles. The maximum atomic E-state index is 11.0. The first kappa shape index (κ1) is 13.2. The molecule has 0 bridgehead atoms. The van der Waals surface area contributed by atoms with E-state index in [2.05, 4.69) is 0 Å². The molecule has 5 heteroatoms. The number of hydrogen-bond acceptors (Lipinski definition) is 4. The van der Waals surface area contributed by atoms with E-state index in [9.17, 15) is 4.79 Å². The highest BCUT2D eigenvalue weighted by Crippen LogP contribution is 2.28. The SMILES string of the molecule is COc1ccc(CSN2CCC[C@H]2C(=O)O)cc1. The largest absolute Gasteiger partial charge is 0.497 e. The highest BCUT2D eigenvalue weighted by atomic mass is 32.2. The monoisotopic (exact) mass is 267 g/mol. The molecule has 0 radical (unpaired) electrons. The Morgan fingerprint density at radius 2 is 2.22 bits per heavy atom. The number of rotatable bonds is 5. The second-order valence-corrected chi connectivity index (χ2v) is 5.27. The Hall–Kier alpha value is -1.20. The Morgan fingerprint density at radius 1 is 1.50 bits per heavy atom. The quantitative estimate of drug-likeness (QED) is 0.830. The van der Waals surface area contributed by atoms with Gasteiger partial charge >= 0.3 is 5.97 Å². The van der Waals surface area contributed by atoms with Crippen LogP contribution >= 0.6 is 11.9 Å². The summed E-state index contributed by atoms with van der Waals surface area (Å²) in [5.41, 5.74) is 1.18. The van der Waals surface area contributed by atoms with E-state index in [1.54, 1.807) is 19.1 Å². The molecule has 0 amide bonds. The second-order valence-electron chi connectivity index (χ2n) is 4.26. The molecule has 1 heterocycles. The van der Waals surface area contributed by atoms with E-state index in [4.69, 9.17) is 9.84 Å². The summed E-state index contributed by atoms with van der Waals surface area (Å²) in [5.74, 6) is 0.927. The van der Waals surface area contributed by atoms with Crippen molar-refractivity contribution in [2.45, 2.75) is 24.6 Å². The van der Waals surface area contributed by atoms with Crippen LogP contribution in [0.5, 0.6) is 5.75 Å². The highest BCUT2D eigenvalue weighted by molar-refractivity contribution is 7.96. The second kappa shape index (κ2) is 6.11. The van der Waals surface area contributed by atoms with Gasteiger partial charge in [-0.05, 0) is 30.5 Å². The molecule has 98 valence electrons. The van der Waals surface area contributed by atoms with Crippen molar-refractivity contribution in [3.8, 4) is 5.75 Å². The van der Waals surface area contributed by atoms with Crippen molar-refractivity contribution in [2.75, 3.05) is 13.7 Å². The Kier molecular flexibility index (Phi) is 4.49. The van der Waals surface area contributed by atoms with Crippen LogP contribution in [0, 0.1) is 0 Å². The van der Waals surface area contributed by atoms with Gasteiger partial charge in [-0.15, -0.1) is 0 Å². The number of carboxylic acids is 1. The number of benzene rings is 1. The van der Waals surface area contributed by atoms with E-state index in [-0.39, 0.29) is 6.04 Å². The number of carbonyl (C=O) groups is 1. The standard InChI is InChI=1S/C13H17NO3S/c1-17-11-6-4-10(5-7-11)9-18-14-8-2-3-12(14)13(15)16/h4-7,12H,2-3,8-9H2,1H3,(H,15,16)/t12-/m0/s1. The summed E-state index contributed by atoms with van der Waals surface area (Å²) >= 11 is 1.60. The first-order valence-electron chi connectivity index (χ1n) is 5.96. The molecule has 1 aliphatic heterocycles. The van der Waals surface area contributed by atoms with Crippen molar-refractivity contribution in [2.24, 2.45) is 0 Å². The van der Waals surface area contributed by atoms with Crippen LogP contribution in [0.4, 0.5) is 0 Å². The number of nitrogens with zero attached hydrogens (tertiary/aromatic N) is 1. The number of hydrogen-bond donors (Lipinski definition) is 1. The number of methoxy groups -OCH3 is 1. The van der Waals surface area contributed by atoms with Crippen molar-refractivity contribution >= 4 is 17.9 Å². The maximum Gasteiger partial charge on any atom is 0.321 e. The lowest BCUT2D eigenvalue weighted by atomic mass is 10.2. The van der Waals surface area contributed by atoms with E-state index in [1.807, 2.05) is 28.6 Å². The normalized spacial score (nSPS) is 19.9. The summed E-state index contributed by atoms with van der Waals surface area (Å²) < 4.78 is 7.08. The summed E-state index contributed by atoms with van der Waals surface area (Å²) in [5, 5.41) is 9.08. The van der Waals surface area contributed by atoms with Gasteiger partial charge in [0, 0.05) is 12.3 Å². The molecule has 1 aromatic rings. The minimum absolute atomic E-state index is 0.326. The van der Waals surface area contributed by atoms with Crippen LogP contribution in [-0.2, 0) is 10.5 Å².